The van der Waals surface area contributed by atoms with Crippen molar-refractivity contribution in [2.45, 2.75) is 55.4 Å². The van der Waals surface area contributed by atoms with Crippen molar-refractivity contribution in [2.24, 2.45) is 0 Å². The van der Waals surface area contributed by atoms with Gasteiger partial charge in [-0.05, 0) is 63.8 Å². The van der Waals surface area contributed by atoms with Crippen molar-refractivity contribution in [2.75, 3.05) is 25.0 Å². The van der Waals surface area contributed by atoms with Gasteiger partial charge in [0.05, 0.1) is 4.90 Å². The average molecular weight is 483 g/mol. The van der Waals surface area contributed by atoms with Crippen LogP contribution in [-0.2, 0) is 24.8 Å². The monoisotopic (exact) mass is 482 g/mol. The van der Waals surface area contributed by atoms with Crippen LogP contribution in [0.4, 0.5) is 5.69 Å². The highest BCUT2D eigenvalue weighted by atomic mass is 32.2. The number of anilines is 1. The van der Waals surface area contributed by atoms with Crippen LogP contribution in [0.3, 0.4) is 0 Å². The molecule has 2 aromatic rings. The van der Waals surface area contributed by atoms with Gasteiger partial charge in [0.2, 0.25) is 26.0 Å². The van der Waals surface area contributed by atoms with Crippen molar-refractivity contribution >= 4 is 31.6 Å². The first-order chi connectivity index (χ1) is 15.1. The first-order valence-corrected chi connectivity index (χ1v) is 13.4. The van der Waals surface area contributed by atoms with E-state index in [4.69, 9.17) is 4.52 Å². The van der Waals surface area contributed by atoms with Crippen LogP contribution in [0.5, 0.6) is 0 Å². The Morgan fingerprint density at radius 2 is 1.66 bits per heavy atom. The second-order valence-electron chi connectivity index (χ2n) is 8.05. The number of nitrogens with zero attached hydrogens (tertiary/aromatic N) is 3. The molecule has 174 valence electrons. The molecule has 2 aliphatic heterocycles. The highest BCUT2D eigenvalue weighted by Crippen LogP contribution is 2.30. The first-order valence-electron chi connectivity index (χ1n) is 10.5. The fourth-order valence-electron chi connectivity index (χ4n) is 4.26. The number of nitrogens with one attached hydrogen (secondary N) is 1. The molecule has 10 nitrogen and oxygen atoms in total. The largest absolute Gasteiger partial charge is 0.360 e. The van der Waals surface area contributed by atoms with Crippen LogP contribution in [0.2, 0.25) is 0 Å². The normalized spacial score (nSPS) is 20.6. The zero-order valence-electron chi connectivity index (χ0n) is 17.9. The van der Waals surface area contributed by atoms with Crippen LogP contribution in [0.25, 0.3) is 0 Å². The molecule has 12 heteroatoms. The van der Waals surface area contributed by atoms with Crippen LogP contribution in [0.1, 0.15) is 37.1 Å². The van der Waals surface area contributed by atoms with Gasteiger partial charge in [-0.25, -0.2) is 16.8 Å². The molecule has 4 rings (SSSR count). The molecule has 1 atom stereocenters. The lowest BCUT2D eigenvalue weighted by molar-refractivity contribution is -0.119. The van der Waals surface area contributed by atoms with Crippen LogP contribution in [-0.4, -0.2) is 62.2 Å². The molecule has 0 unspecified atom stereocenters. The van der Waals surface area contributed by atoms with Crippen molar-refractivity contribution in [3.8, 4) is 0 Å². The molecule has 2 aliphatic rings. The fourth-order valence-corrected chi connectivity index (χ4v) is 7.73. The van der Waals surface area contributed by atoms with Gasteiger partial charge < -0.3 is 9.84 Å². The first kappa shape index (κ1) is 22.9. The summed E-state index contributed by atoms with van der Waals surface area (Å²) in [5.74, 6) is -0.281. The van der Waals surface area contributed by atoms with Crippen molar-refractivity contribution in [1.29, 1.82) is 0 Å². The third-order valence-corrected chi connectivity index (χ3v) is 9.93. The smallest absolute Gasteiger partial charge is 0.249 e. The molecule has 3 heterocycles. The lowest BCUT2D eigenvalue weighted by Gasteiger charge is -2.23. The Hall–Kier alpha value is -2.28. The topological polar surface area (TPSA) is 130 Å². The van der Waals surface area contributed by atoms with E-state index in [9.17, 15) is 21.6 Å². The predicted octanol–water partition coefficient (Wildman–Crippen LogP) is 1.87. The van der Waals surface area contributed by atoms with Gasteiger partial charge in [0.15, 0.2) is 5.76 Å². The minimum atomic E-state index is -3.95. The van der Waals surface area contributed by atoms with Gasteiger partial charge in [-0.3, -0.25) is 4.79 Å². The number of aryl methyl sites for hydroxylation is 2. The van der Waals surface area contributed by atoms with Crippen molar-refractivity contribution < 1.29 is 26.2 Å². The van der Waals surface area contributed by atoms with Crippen LogP contribution in [0.15, 0.2) is 38.6 Å². The molecule has 1 aromatic heterocycles. The molecule has 0 saturated carbocycles. The summed E-state index contributed by atoms with van der Waals surface area (Å²) in [6, 6.07) is 5.07. The zero-order chi connectivity index (χ0) is 23.1. The number of rotatable bonds is 6. The third kappa shape index (κ3) is 4.07. The Bertz CT molecular complexity index is 1200. The van der Waals surface area contributed by atoms with E-state index in [-0.39, 0.29) is 27.8 Å². The summed E-state index contributed by atoms with van der Waals surface area (Å²) < 4.78 is 59.3. The number of aromatic nitrogens is 1. The molecular formula is C20H26N4O6S2. The van der Waals surface area contributed by atoms with E-state index in [0.717, 1.165) is 12.8 Å². The number of carbonyl (C=O) groups excluding carboxylic acids is 1. The molecular weight excluding hydrogens is 456 g/mol. The van der Waals surface area contributed by atoms with E-state index in [0.29, 0.717) is 31.6 Å². The minimum absolute atomic E-state index is 0.00586. The molecule has 1 aromatic carbocycles. The Morgan fingerprint density at radius 1 is 1.00 bits per heavy atom. The van der Waals surface area contributed by atoms with E-state index in [2.05, 4.69) is 10.5 Å². The summed E-state index contributed by atoms with van der Waals surface area (Å²) in [6.07, 6.45) is 2.63. The number of sulfonamides is 2. The fraction of sp³-hybridized carbons (Fsp3) is 0.500. The van der Waals surface area contributed by atoms with Gasteiger partial charge >= 0.3 is 0 Å². The van der Waals surface area contributed by atoms with E-state index >= 15 is 0 Å². The summed E-state index contributed by atoms with van der Waals surface area (Å²) in [5, 5.41) is 6.43. The van der Waals surface area contributed by atoms with Crippen LogP contribution < -0.4 is 5.32 Å². The van der Waals surface area contributed by atoms with Crippen molar-refractivity contribution in [1.82, 2.24) is 13.8 Å². The van der Waals surface area contributed by atoms with Gasteiger partial charge in [-0.2, -0.15) is 8.61 Å². The Balaban J connectivity index is 1.50. The quantitative estimate of drug-likeness (QED) is 0.665. The minimum Gasteiger partial charge on any atom is -0.360 e. The highest BCUT2D eigenvalue weighted by molar-refractivity contribution is 7.89. The van der Waals surface area contributed by atoms with Gasteiger partial charge in [-0.1, -0.05) is 5.16 Å². The summed E-state index contributed by atoms with van der Waals surface area (Å²) in [4.78, 5) is 13.1. The van der Waals surface area contributed by atoms with Gasteiger partial charge in [0.1, 0.15) is 16.6 Å². The molecule has 1 N–H and O–H groups in total. The van der Waals surface area contributed by atoms with Gasteiger partial charge in [-0.15, -0.1) is 0 Å². The Morgan fingerprint density at radius 3 is 2.25 bits per heavy atom. The second kappa shape index (κ2) is 8.58. The number of carbonyl (C=O) groups is 1. The van der Waals surface area contributed by atoms with Gasteiger partial charge in [0, 0.05) is 25.3 Å². The standard InChI is InChI=1S/C20H26N4O6S2/c1-14-19(15(2)30-22-14)32(28,29)24-13-5-6-18(24)20(25)21-16-7-9-17(10-8-16)31(26,27)23-11-3-4-12-23/h7-10,18H,3-6,11-13H2,1-2H3,(H,21,25)/t18-/m0/s1. The van der Waals surface area contributed by atoms with Crippen LogP contribution in [0, 0.1) is 13.8 Å². The lowest BCUT2D eigenvalue weighted by Crippen LogP contribution is -2.43. The molecule has 32 heavy (non-hydrogen) atoms. The summed E-state index contributed by atoms with van der Waals surface area (Å²) in [6.45, 7) is 4.31. The molecule has 0 spiro atoms. The summed E-state index contributed by atoms with van der Waals surface area (Å²) in [7, 11) is -7.49. The highest BCUT2D eigenvalue weighted by Gasteiger charge is 2.42. The second-order valence-corrected chi connectivity index (χ2v) is 11.8. The lowest BCUT2D eigenvalue weighted by atomic mass is 10.2. The van der Waals surface area contributed by atoms with Gasteiger partial charge in [0.25, 0.3) is 0 Å². The van der Waals surface area contributed by atoms with E-state index in [1.54, 1.807) is 6.92 Å². The summed E-state index contributed by atoms with van der Waals surface area (Å²) >= 11 is 0. The van der Waals surface area contributed by atoms with E-state index in [1.165, 1.54) is 39.8 Å². The molecule has 2 fully saturated rings. The molecule has 0 radical (unpaired) electrons. The maximum Gasteiger partial charge on any atom is 0.249 e. The number of hydrogen-bond donors (Lipinski definition) is 1. The van der Waals surface area contributed by atoms with Crippen molar-refractivity contribution in [3.63, 3.8) is 0 Å². The van der Waals surface area contributed by atoms with Crippen LogP contribution >= 0.6 is 0 Å². The predicted molar refractivity (Wildman–Crippen MR) is 116 cm³/mol. The number of hydrogen-bond acceptors (Lipinski definition) is 7. The zero-order valence-corrected chi connectivity index (χ0v) is 19.6. The molecule has 0 aliphatic carbocycles. The maximum absolute atomic E-state index is 13.2. The Labute approximate surface area is 187 Å². The average Bonchev–Trinajstić information content (AvgIpc) is 3.50. The number of benzene rings is 1. The molecule has 2 saturated heterocycles. The maximum atomic E-state index is 13.2. The van der Waals surface area contributed by atoms with E-state index < -0.39 is 32.0 Å². The summed E-state index contributed by atoms with van der Waals surface area (Å²) in [5.41, 5.74) is 0.653. The van der Waals surface area contributed by atoms with Crippen molar-refractivity contribution in [3.05, 3.63) is 35.7 Å². The number of amides is 1. The third-order valence-electron chi connectivity index (χ3n) is 5.87. The van der Waals surface area contributed by atoms with E-state index in [1.807, 2.05) is 0 Å². The Kier molecular flexibility index (Phi) is 6.14. The SMILES string of the molecule is Cc1noc(C)c1S(=O)(=O)N1CCC[C@H]1C(=O)Nc1ccc(S(=O)(=O)N2CCCC2)cc1. The molecule has 1 amide bonds. The molecule has 0 bridgehead atoms.